The number of hydrazine groups is 1. The van der Waals surface area contributed by atoms with E-state index < -0.39 is 17.8 Å². The molecule has 0 spiro atoms. The fourth-order valence-corrected chi connectivity index (χ4v) is 2.38. The Morgan fingerprint density at radius 3 is 2.32 bits per heavy atom. The normalized spacial score (nSPS) is 12.1. The molecule has 4 N–H and O–H groups in total. The number of hydrogen-bond donors (Lipinski definition) is 3. The summed E-state index contributed by atoms with van der Waals surface area (Å²) in [4.78, 5) is 12.3. The number of phenols is 1. The molecule has 0 aliphatic rings. The van der Waals surface area contributed by atoms with Gasteiger partial charge in [-0.05, 0) is 24.3 Å². The highest BCUT2D eigenvalue weighted by Crippen LogP contribution is 2.17. The van der Waals surface area contributed by atoms with Crippen molar-refractivity contribution >= 4 is 16.9 Å². The number of fused-ring (bicyclic) bond motifs is 1. The summed E-state index contributed by atoms with van der Waals surface area (Å²) in [6, 6.07) is 11.2. The maximum absolute atomic E-state index is 12.4. The van der Waals surface area contributed by atoms with Gasteiger partial charge in [-0.2, -0.15) is 9.46 Å². The molecule has 0 bridgehead atoms. The number of rotatable bonds is 3. The third-order valence-corrected chi connectivity index (χ3v) is 3.70. The molecule has 2 aromatic carbocycles. The molecule has 9 nitrogen and oxygen atoms in total. The number of amides is 1. The van der Waals surface area contributed by atoms with E-state index in [1.165, 1.54) is 36.4 Å². The van der Waals surface area contributed by atoms with Gasteiger partial charge < -0.3 is 20.6 Å². The molecule has 3 rings (SSSR count). The molecule has 1 aromatic heterocycles. The third-order valence-electron chi connectivity index (χ3n) is 3.70. The van der Waals surface area contributed by atoms with Crippen LogP contribution >= 0.6 is 0 Å². The molecule has 0 aliphatic heterocycles. The molecule has 3 aromatic rings. The molecular formula is C16H14N4O5. The molecule has 1 unspecified atom stereocenters. The molecule has 0 radical (unpaired) electrons. The number of aromatic nitrogens is 2. The zero-order chi connectivity index (χ0) is 18.1. The Balaban J connectivity index is 1.98. The summed E-state index contributed by atoms with van der Waals surface area (Å²) in [6.07, 6.45) is -0.979. The number of carbonyl (C=O) groups excluding carboxylic acids is 1. The van der Waals surface area contributed by atoms with Crippen LogP contribution in [0.3, 0.4) is 0 Å². The van der Waals surface area contributed by atoms with Crippen LogP contribution in [0, 0.1) is 10.4 Å². The van der Waals surface area contributed by atoms with Crippen molar-refractivity contribution in [1.29, 1.82) is 0 Å². The third kappa shape index (κ3) is 2.89. The van der Waals surface area contributed by atoms with Crippen molar-refractivity contribution < 1.29 is 24.5 Å². The first kappa shape index (κ1) is 16.4. The van der Waals surface area contributed by atoms with Gasteiger partial charge in [-0.3, -0.25) is 4.79 Å². The van der Waals surface area contributed by atoms with E-state index in [9.17, 15) is 25.4 Å². The van der Waals surface area contributed by atoms with Gasteiger partial charge in [0, 0.05) is 17.7 Å². The van der Waals surface area contributed by atoms with E-state index in [1.807, 2.05) is 0 Å². The lowest BCUT2D eigenvalue weighted by atomic mass is 10.2. The number of phenolic OH excluding ortho intramolecular Hbond substituents is 1. The minimum absolute atomic E-state index is 0.0273. The summed E-state index contributed by atoms with van der Waals surface area (Å²) in [5, 5.41) is 44.4. The molecule has 0 fully saturated rings. The van der Waals surface area contributed by atoms with E-state index >= 15 is 0 Å². The van der Waals surface area contributed by atoms with Crippen LogP contribution in [0.25, 0.3) is 11.0 Å². The van der Waals surface area contributed by atoms with Gasteiger partial charge in [0.05, 0.1) is 0 Å². The standard InChI is InChI=1S/C16H14N4O5/c17-19(15(22)10-5-7-11(21)8-6-10)16(23)14-9-18(24)12-3-1-2-4-13(12)20(14)25/h1-9,16,21,23H,17H2. The number of aliphatic hydroxyl groups excluding tert-OH is 1. The van der Waals surface area contributed by atoms with Crippen LogP contribution in [0.15, 0.2) is 54.7 Å². The average molecular weight is 342 g/mol. The summed E-state index contributed by atoms with van der Waals surface area (Å²) in [5.41, 5.74) is -0.169. The van der Waals surface area contributed by atoms with E-state index in [0.717, 1.165) is 6.20 Å². The zero-order valence-corrected chi connectivity index (χ0v) is 12.8. The van der Waals surface area contributed by atoms with Crippen molar-refractivity contribution in [1.82, 2.24) is 5.01 Å². The van der Waals surface area contributed by atoms with Crippen molar-refractivity contribution in [2.24, 2.45) is 5.84 Å². The van der Waals surface area contributed by atoms with Crippen molar-refractivity contribution in [2.75, 3.05) is 0 Å². The smallest absolute Gasteiger partial charge is 0.310 e. The fraction of sp³-hybridized carbons (Fsp3) is 0.0625. The minimum atomic E-state index is -1.84. The molecular weight excluding hydrogens is 328 g/mol. The van der Waals surface area contributed by atoms with Gasteiger partial charge in [-0.15, -0.1) is 0 Å². The van der Waals surface area contributed by atoms with Gasteiger partial charge >= 0.3 is 5.69 Å². The molecule has 0 aliphatic carbocycles. The van der Waals surface area contributed by atoms with E-state index in [1.54, 1.807) is 12.1 Å². The Labute approximate surface area is 141 Å². The highest BCUT2D eigenvalue weighted by atomic mass is 16.5. The lowest BCUT2D eigenvalue weighted by Gasteiger charge is -2.21. The van der Waals surface area contributed by atoms with E-state index in [0.29, 0.717) is 14.5 Å². The Morgan fingerprint density at radius 1 is 1.08 bits per heavy atom. The summed E-state index contributed by atoms with van der Waals surface area (Å²) < 4.78 is 0.763. The maximum atomic E-state index is 12.4. The minimum Gasteiger partial charge on any atom is -0.618 e. The SMILES string of the molecule is NN(C(=O)c1ccc(O)cc1)C(O)c1c[n+]([O-])c2ccccc2[n+]1[O-]. The van der Waals surface area contributed by atoms with Crippen LogP contribution in [0.2, 0.25) is 0 Å². The second-order valence-electron chi connectivity index (χ2n) is 5.30. The first-order valence-corrected chi connectivity index (χ1v) is 7.20. The van der Waals surface area contributed by atoms with Crippen LogP contribution < -0.4 is 15.3 Å². The maximum Gasteiger partial charge on any atom is 0.310 e. The number of nitrogens with zero attached hydrogens (tertiary/aromatic N) is 3. The summed E-state index contributed by atoms with van der Waals surface area (Å²) in [5.74, 6) is 4.80. The molecule has 9 heteroatoms. The number of aromatic hydroxyl groups is 1. The van der Waals surface area contributed by atoms with Crippen LogP contribution in [0.4, 0.5) is 0 Å². The lowest BCUT2D eigenvalue weighted by molar-refractivity contribution is -0.639. The van der Waals surface area contributed by atoms with E-state index in [-0.39, 0.29) is 22.3 Å². The number of para-hydroxylation sites is 2. The lowest BCUT2D eigenvalue weighted by Crippen LogP contribution is -2.49. The number of hydrogen-bond acceptors (Lipinski definition) is 6. The van der Waals surface area contributed by atoms with Crippen LogP contribution in [0.5, 0.6) is 5.75 Å². The van der Waals surface area contributed by atoms with Crippen LogP contribution in [0.1, 0.15) is 22.3 Å². The number of carbonyl (C=O) groups is 1. The second kappa shape index (κ2) is 6.23. The average Bonchev–Trinajstić information content (AvgIpc) is 2.63. The Hall–Kier alpha value is -3.43. The fourth-order valence-electron chi connectivity index (χ4n) is 2.38. The zero-order valence-electron chi connectivity index (χ0n) is 12.8. The van der Waals surface area contributed by atoms with Crippen molar-refractivity contribution in [3.05, 3.63) is 76.4 Å². The molecule has 1 heterocycles. The summed E-state index contributed by atoms with van der Waals surface area (Å²) in [6.45, 7) is 0. The van der Waals surface area contributed by atoms with Gasteiger partial charge in [0.2, 0.25) is 6.23 Å². The summed E-state index contributed by atoms with van der Waals surface area (Å²) >= 11 is 0. The Bertz CT molecular complexity index is 945. The van der Waals surface area contributed by atoms with Crippen LogP contribution in [-0.2, 0) is 0 Å². The predicted molar refractivity (Wildman–Crippen MR) is 85.3 cm³/mol. The molecule has 25 heavy (non-hydrogen) atoms. The Morgan fingerprint density at radius 2 is 1.68 bits per heavy atom. The first-order valence-electron chi connectivity index (χ1n) is 7.20. The second-order valence-corrected chi connectivity index (χ2v) is 5.30. The molecule has 1 atom stereocenters. The predicted octanol–water partition coefficient (Wildman–Crippen LogP) is -0.181. The van der Waals surface area contributed by atoms with E-state index in [4.69, 9.17) is 5.84 Å². The highest BCUT2D eigenvalue weighted by Gasteiger charge is 2.32. The first-order chi connectivity index (χ1) is 11.9. The number of benzene rings is 2. The van der Waals surface area contributed by atoms with Crippen molar-refractivity contribution in [3.63, 3.8) is 0 Å². The van der Waals surface area contributed by atoms with Gasteiger partial charge in [-0.25, -0.2) is 10.9 Å². The number of aliphatic hydroxyl groups is 1. The topological polar surface area (TPSA) is 141 Å². The highest BCUT2D eigenvalue weighted by molar-refractivity contribution is 5.94. The summed E-state index contributed by atoms with van der Waals surface area (Å²) in [7, 11) is 0. The van der Waals surface area contributed by atoms with Gasteiger partial charge in [0.15, 0.2) is 0 Å². The van der Waals surface area contributed by atoms with Crippen molar-refractivity contribution in [3.8, 4) is 5.75 Å². The van der Waals surface area contributed by atoms with E-state index in [2.05, 4.69) is 0 Å². The molecule has 0 saturated heterocycles. The van der Waals surface area contributed by atoms with Crippen molar-refractivity contribution in [2.45, 2.75) is 6.23 Å². The largest absolute Gasteiger partial charge is 0.618 e. The number of nitrogens with two attached hydrogens (primary N) is 1. The van der Waals surface area contributed by atoms with Crippen LogP contribution in [-0.4, -0.2) is 21.1 Å². The van der Waals surface area contributed by atoms with Gasteiger partial charge in [0.1, 0.15) is 5.75 Å². The van der Waals surface area contributed by atoms with Gasteiger partial charge in [0.25, 0.3) is 23.1 Å². The molecule has 0 saturated carbocycles. The monoisotopic (exact) mass is 342 g/mol. The van der Waals surface area contributed by atoms with Gasteiger partial charge in [-0.1, -0.05) is 12.1 Å². The Kier molecular flexibility index (Phi) is 4.09. The quantitative estimate of drug-likeness (QED) is 0.151. The molecule has 128 valence electrons. The molecule has 1 amide bonds.